The third-order valence-corrected chi connectivity index (χ3v) is 7.22. The van der Waals surface area contributed by atoms with Crippen molar-refractivity contribution >= 4 is 55.6 Å². The number of likely N-dealkylation sites (N-methyl/N-ethyl adjacent to an activating group) is 1. The van der Waals surface area contributed by atoms with E-state index in [9.17, 15) is 9.59 Å². The second-order valence-corrected chi connectivity index (χ2v) is 9.61. The highest BCUT2D eigenvalue weighted by atomic mass is 32.1. The van der Waals surface area contributed by atoms with E-state index in [0.29, 0.717) is 18.8 Å². The van der Waals surface area contributed by atoms with E-state index < -0.39 is 0 Å². The van der Waals surface area contributed by atoms with Gasteiger partial charge in [0.25, 0.3) is 5.91 Å². The molecule has 0 spiro atoms. The van der Waals surface area contributed by atoms with Crippen LogP contribution in [0.5, 0.6) is 0 Å². The number of fused-ring (bicyclic) bond motifs is 2. The predicted molar refractivity (Wildman–Crippen MR) is 141 cm³/mol. The van der Waals surface area contributed by atoms with Gasteiger partial charge in [-0.05, 0) is 48.0 Å². The molecule has 1 aliphatic rings. The van der Waals surface area contributed by atoms with Crippen LogP contribution in [0.1, 0.15) is 10.5 Å². The number of carbonyl (C=O) groups is 2. The van der Waals surface area contributed by atoms with Gasteiger partial charge in [0.15, 0.2) is 0 Å². The predicted octanol–water partition coefficient (Wildman–Crippen LogP) is 4.56. The van der Waals surface area contributed by atoms with Gasteiger partial charge in [0.2, 0.25) is 5.91 Å². The van der Waals surface area contributed by atoms with Gasteiger partial charge in [-0.1, -0.05) is 12.1 Å². The molecule has 0 atom stereocenters. The molecule has 9 heteroatoms. The highest BCUT2D eigenvalue weighted by Crippen LogP contribution is 2.31. The molecule has 5 aromatic rings. The lowest BCUT2D eigenvalue weighted by atomic mass is 10.0. The summed E-state index contributed by atoms with van der Waals surface area (Å²) in [5, 5.41) is 4.48. The van der Waals surface area contributed by atoms with Crippen molar-refractivity contribution in [3.8, 4) is 11.1 Å². The number of anilines is 2. The van der Waals surface area contributed by atoms with Crippen molar-refractivity contribution in [2.75, 3.05) is 32.0 Å². The Kier molecular flexibility index (Phi) is 5.54. The van der Waals surface area contributed by atoms with Gasteiger partial charge >= 0.3 is 0 Å². The first-order valence-electron chi connectivity index (χ1n) is 11.5. The zero-order chi connectivity index (χ0) is 24.6. The minimum atomic E-state index is -0.228. The van der Waals surface area contributed by atoms with E-state index in [1.807, 2.05) is 41.9 Å². The Hall–Kier alpha value is -4.37. The number of benzene rings is 2. The molecule has 2 aromatic carbocycles. The number of rotatable bonds is 4. The largest absolute Gasteiger partial charge is 0.355 e. The van der Waals surface area contributed by atoms with E-state index in [-0.39, 0.29) is 18.4 Å². The zero-order valence-electron chi connectivity index (χ0n) is 19.5. The average molecular weight is 495 g/mol. The molecular weight excluding hydrogens is 472 g/mol. The molecule has 1 fully saturated rings. The molecule has 0 bridgehead atoms. The maximum atomic E-state index is 12.8. The first-order chi connectivity index (χ1) is 17.5. The van der Waals surface area contributed by atoms with Crippen molar-refractivity contribution in [3.05, 3.63) is 78.2 Å². The van der Waals surface area contributed by atoms with E-state index in [2.05, 4.69) is 32.4 Å². The molecule has 0 aliphatic carbocycles. The molecule has 0 saturated carbocycles. The highest BCUT2D eigenvalue weighted by molar-refractivity contribution is 7.16. The van der Waals surface area contributed by atoms with E-state index in [1.165, 1.54) is 0 Å². The summed E-state index contributed by atoms with van der Waals surface area (Å²) in [5.74, 6) is -0.291. The number of amides is 2. The number of hydrogen-bond acceptors (Lipinski definition) is 7. The van der Waals surface area contributed by atoms with Gasteiger partial charge < -0.3 is 15.1 Å². The molecule has 36 heavy (non-hydrogen) atoms. The zero-order valence-corrected chi connectivity index (χ0v) is 20.3. The molecule has 0 radical (unpaired) electrons. The van der Waals surface area contributed by atoms with Gasteiger partial charge in [-0.3, -0.25) is 19.6 Å². The SMILES string of the molecule is CN1CCN(C(=O)c2ccc(-c3ccc4nccc(Nc5ccc6scnc6c5)c4c3)cn2)CC1=O. The van der Waals surface area contributed by atoms with Crippen LogP contribution in [0.2, 0.25) is 0 Å². The van der Waals surface area contributed by atoms with Crippen LogP contribution in [0.3, 0.4) is 0 Å². The van der Waals surface area contributed by atoms with Crippen molar-refractivity contribution in [3.63, 3.8) is 0 Å². The van der Waals surface area contributed by atoms with Crippen LogP contribution in [0.4, 0.5) is 11.4 Å². The van der Waals surface area contributed by atoms with Crippen LogP contribution in [0, 0.1) is 0 Å². The van der Waals surface area contributed by atoms with Crippen molar-refractivity contribution in [1.29, 1.82) is 0 Å². The van der Waals surface area contributed by atoms with Crippen molar-refractivity contribution in [2.45, 2.75) is 0 Å². The molecule has 0 unspecified atom stereocenters. The van der Waals surface area contributed by atoms with Crippen molar-refractivity contribution in [2.24, 2.45) is 0 Å². The van der Waals surface area contributed by atoms with E-state index in [4.69, 9.17) is 0 Å². The van der Waals surface area contributed by atoms with Crippen LogP contribution in [-0.2, 0) is 4.79 Å². The number of aromatic nitrogens is 3. The minimum Gasteiger partial charge on any atom is -0.355 e. The summed E-state index contributed by atoms with van der Waals surface area (Å²) in [6, 6.07) is 17.8. The lowest BCUT2D eigenvalue weighted by Crippen LogP contribution is -2.50. The second-order valence-electron chi connectivity index (χ2n) is 8.72. The molecule has 1 N–H and O–H groups in total. The molecule has 2 amide bonds. The summed E-state index contributed by atoms with van der Waals surface area (Å²) in [4.78, 5) is 41.3. The molecular formula is C27H22N6O2S. The molecule has 1 aliphatic heterocycles. The number of piperazine rings is 1. The summed E-state index contributed by atoms with van der Waals surface area (Å²) in [7, 11) is 1.75. The lowest BCUT2D eigenvalue weighted by Gasteiger charge is -2.31. The first kappa shape index (κ1) is 22.1. The molecule has 6 rings (SSSR count). The maximum absolute atomic E-state index is 12.8. The normalized spacial score (nSPS) is 14.0. The van der Waals surface area contributed by atoms with Crippen molar-refractivity contribution < 1.29 is 9.59 Å². The summed E-state index contributed by atoms with van der Waals surface area (Å²) in [5.41, 5.74) is 7.77. The number of carbonyl (C=O) groups excluding carboxylic acids is 2. The number of nitrogens with one attached hydrogen (secondary N) is 1. The Morgan fingerprint density at radius 1 is 0.944 bits per heavy atom. The van der Waals surface area contributed by atoms with Gasteiger partial charge in [0, 0.05) is 54.9 Å². The number of hydrogen-bond donors (Lipinski definition) is 1. The lowest BCUT2D eigenvalue weighted by molar-refractivity contribution is -0.133. The second kappa shape index (κ2) is 9.01. The van der Waals surface area contributed by atoms with Gasteiger partial charge in [-0.15, -0.1) is 11.3 Å². The van der Waals surface area contributed by atoms with E-state index in [0.717, 1.165) is 43.6 Å². The molecule has 178 valence electrons. The monoisotopic (exact) mass is 494 g/mol. The van der Waals surface area contributed by atoms with Crippen LogP contribution in [0.15, 0.2) is 72.5 Å². The Labute approximate surface area is 211 Å². The standard InChI is InChI=1S/C27H22N6O2S/c1-32-10-11-33(15-26(32)34)27(35)23-6-3-18(14-29-23)17-2-5-21-20(12-17)22(8-9-28-21)31-19-4-7-25-24(13-19)30-16-36-25/h2-9,12-14,16H,10-11,15H2,1H3,(H,28,31). The van der Waals surface area contributed by atoms with Gasteiger partial charge in [-0.25, -0.2) is 4.98 Å². The fourth-order valence-corrected chi connectivity index (χ4v) is 4.97. The van der Waals surface area contributed by atoms with Crippen LogP contribution < -0.4 is 5.32 Å². The molecule has 8 nitrogen and oxygen atoms in total. The number of thiazole rings is 1. The highest BCUT2D eigenvalue weighted by Gasteiger charge is 2.26. The fraction of sp³-hybridized carbons (Fsp3) is 0.148. The average Bonchev–Trinajstić information content (AvgIpc) is 3.38. The Balaban J connectivity index is 1.27. The molecule has 1 saturated heterocycles. The first-order valence-corrected chi connectivity index (χ1v) is 12.4. The summed E-state index contributed by atoms with van der Waals surface area (Å²) in [6.45, 7) is 1.12. The Morgan fingerprint density at radius 2 is 1.83 bits per heavy atom. The number of nitrogens with zero attached hydrogens (tertiary/aromatic N) is 5. The van der Waals surface area contributed by atoms with Gasteiger partial charge in [0.1, 0.15) is 12.2 Å². The molecule has 3 aromatic heterocycles. The van der Waals surface area contributed by atoms with Crippen LogP contribution in [0.25, 0.3) is 32.2 Å². The quantitative estimate of drug-likeness (QED) is 0.394. The Morgan fingerprint density at radius 3 is 2.67 bits per heavy atom. The third kappa shape index (κ3) is 4.14. The smallest absolute Gasteiger partial charge is 0.272 e. The molecule has 4 heterocycles. The van der Waals surface area contributed by atoms with Gasteiger partial charge in [0.05, 0.1) is 21.2 Å². The summed E-state index contributed by atoms with van der Waals surface area (Å²) >= 11 is 1.62. The maximum Gasteiger partial charge on any atom is 0.272 e. The summed E-state index contributed by atoms with van der Waals surface area (Å²) in [6.07, 6.45) is 3.49. The number of pyridine rings is 2. The minimum absolute atomic E-state index is 0.0630. The fourth-order valence-electron chi connectivity index (χ4n) is 4.31. The van der Waals surface area contributed by atoms with Gasteiger partial charge in [-0.2, -0.15) is 0 Å². The summed E-state index contributed by atoms with van der Waals surface area (Å²) < 4.78 is 1.15. The van der Waals surface area contributed by atoms with E-state index in [1.54, 1.807) is 46.6 Å². The topological polar surface area (TPSA) is 91.3 Å². The third-order valence-electron chi connectivity index (χ3n) is 6.41. The van der Waals surface area contributed by atoms with Crippen LogP contribution >= 0.6 is 11.3 Å². The van der Waals surface area contributed by atoms with E-state index >= 15 is 0 Å². The Bertz CT molecular complexity index is 1610. The van der Waals surface area contributed by atoms with Crippen LogP contribution in [-0.4, -0.2) is 63.2 Å². The van der Waals surface area contributed by atoms with Crippen molar-refractivity contribution in [1.82, 2.24) is 24.8 Å².